The van der Waals surface area contributed by atoms with Gasteiger partial charge in [0.15, 0.2) is 0 Å². The van der Waals surface area contributed by atoms with Gasteiger partial charge in [0.25, 0.3) is 0 Å². The predicted octanol–water partition coefficient (Wildman–Crippen LogP) is -0.172. The molecule has 0 aromatic carbocycles. The van der Waals surface area contributed by atoms with Gasteiger partial charge in [0, 0.05) is 39.3 Å². The normalized spacial score (nSPS) is 8.95. The van der Waals surface area contributed by atoms with Crippen molar-refractivity contribution in [3.05, 3.63) is 0 Å². The molecule has 0 radical (unpaired) electrons. The van der Waals surface area contributed by atoms with Gasteiger partial charge in [-0.3, -0.25) is 9.59 Å². The molecule has 6 N–H and O–H groups in total. The van der Waals surface area contributed by atoms with Gasteiger partial charge in [-0.25, -0.2) is 0 Å². The first kappa shape index (κ1) is 24.8. The molecule has 8 heteroatoms. The SMILES string of the molecule is O=C(O)CCCCC(=O)O.OCCCCO.OCCCO. The minimum absolute atomic E-state index is 0.0628. The first-order valence-corrected chi connectivity index (χ1v) is 6.83. The number of unbranched alkanes of at least 4 members (excludes halogenated alkanes) is 2. The third-order valence-corrected chi connectivity index (χ3v) is 1.91. The van der Waals surface area contributed by atoms with E-state index in [0.717, 1.165) is 12.8 Å². The van der Waals surface area contributed by atoms with Gasteiger partial charge in [0.05, 0.1) is 0 Å². The van der Waals surface area contributed by atoms with Gasteiger partial charge in [0.1, 0.15) is 0 Å². The number of rotatable bonds is 10. The van der Waals surface area contributed by atoms with Gasteiger partial charge in [-0.15, -0.1) is 0 Å². The Bertz CT molecular complexity index is 198. The van der Waals surface area contributed by atoms with Crippen LogP contribution in [0.15, 0.2) is 0 Å². The van der Waals surface area contributed by atoms with Crippen LogP contribution >= 0.6 is 0 Å². The van der Waals surface area contributed by atoms with Gasteiger partial charge in [-0.1, -0.05) is 0 Å². The first-order chi connectivity index (χ1) is 9.95. The summed E-state index contributed by atoms with van der Waals surface area (Å²) in [6.45, 7) is 0.578. The zero-order chi connectivity index (χ0) is 16.9. The summed E-state index contributed by atoms with van der Waals surface area (Å²) >= 11 is 0. The molecule has 0 spiro atoms. The molecule has 0 rings (SSSR count). The number of hydrogen-bond acceptors (Lipinski definition) is 6. The summed E-state index contributed by atoms with van der Waals surface area (Å²) < 4.78 is 0. The van der Waals surface area contributed by atoms with Crippen molar-refractivity contribution in [3.63, 3.8) is 0 Å². The van der Waals surface area contributed by atoms with Crippen LogP contribution in [0, 0.1) is 0 Å². The van der Waals surface area contributed by atoms with Crippen LogP contribution in [0.5, 0.6) is 0 Å². The lowest BCUT2D eigenvalue weighted by Gasteiger charge is -1.92. The molecule has 0 atom stereocenters. The fourth-order valence-corrected chi connectivity index (χ4v) is 0.847. The fraction of sp³-hybridized carbons (Fsp3) is 0.846. The summed E-state index contributed by atoms with van der Waals surface area (Å²) in [6.07, 6.45) is 2.96. The summed E-state index contributed by atoms with van der Waals surface area (Å²) in [5.74, 6) is -1.74. The Hall–Kier alpha value is -1.22. The Labute approximate surface area is 124 Å². The molecule has 0 saturated carbocycles. The van der Waals surface area contributed by atoms with Crippen LogP contribution in [-0.4, -0.2) is 69.0 Å². The van der Waals surface area contributed by atoms with E-state index in [-0.39, 0.29) is 39.3 Å². The topological polar surface area (TPSA) is 156 Å². The molecule has 0 aliphatic heterocycles. The van der Waals surface area contributed by atoms with Crippen molar-refractivity contribution in [3.8, 4) is 0 Å². The average molecular weight is 312 g/mol. The number of carboxylic acids is 2. The van der Waals surface area contributed by atoms with E-state index in [9.17, 15) is 9.59 Å². The molecular formula is C13H28O8. The van der Waals surface area contributed by atoms with E-state index in [1.165, 1.54) is 0 Å². The monoisotopic (exact) mass is 312 g/mol. The van der Waals surface area contributed by atoms with Crippen molar-refractivity contribution in [1.29, 1.82) is 0 Å². The smallest absolute Gasteiger partial charge is 0.303 e. The highest BCUT2D eigenvalue weighted by Gasteiger charge is 1.99. The maximum absolute atomic E-state index is 9.90. The number of carboxylic acid groups (broad SMARTS) is 2. The highest BCUT2D eigenvalue weighted by Crippen LogP contribution is 1.98. The van der Waals surface area contributed by atoms with E-state index in [0.29, 0.717) is 19.3 Å². The number of hydrogen-bond donors (Lipinski definition) is 6. The molecule has 0 aromatic rings. The molecular weight excluding hydrogens is 284 g/mol. The second-order valence-electron chi connectivity index (χ2n) is 3.95. The third kappa shape index (κ3) is 45.5. The number of carbonyl (C=O) groups is 2. The number of aliphatic hydroxyl groups is 4. The lowest BCUT2D eigenvalue weighted by atomic mass is 10.2. The zero-order valence-corrected chi connectivity index (χ0v) is 12.3. The molecule has 0 aliphatic rings. The van der Waals surface area contributed by atoms with Crippen LogP contribution in [0.25, 0.3) is 0 Å². The molecule has 0 bridgehead atoms. The molecule has 21 heavy (non-hydrogen) atoms. The molecule has 0 fully saturated rings. The maximum atomic E-state index is 9.90. The van der Waals surface area contributed by atoms with Crippen molar-refractivity contribution < 1.29 is 40.2 Å². The zero-order valence-electron chi connectivity index (χ0n) is 12.3. The summed E-state index contributed by atoms with van der Waals surface area (Å²) in [7, 11) is 0. The molecule has 128 valence electrons. The second-order valence-corrected chi connectivity index (χ2v) is 3.95. The summed E-state index contributed by atoms with van der Waals surface area (Å²) in [4.78, 5) is 19.8. The predicted molar refractivity (Wildman–Crippen MR) is 75.9 cm³/mol. The van der Waals surface area contributed by atoms with Crippen molar-refractivity contribution in [2.75, 3.05) is 26.4 Å². The molecule has 8 nitrogen and oxygen atoms in total. The van der Waals surface area contributed by atoms with E-state index in [2.05, 4.69) is 0 Å². The molecule has 0 saturated heterocycles. The largest absolute Gasteiger partial charge is 0.481 e. The third-order valence-electron chi connectivity index (χ3n) is 1.91. The van der Waals surface area contributed by atoms with Crippen molar-refractivity contribution in [1.82, 2.24) is 0 Å². The van der Waals surface area contributed by atoms with Gasteiger partial charge < -0.3 is 30.6 Å². The summed E-state index contributed by atoms with van der Waals surface area (Å²) in [5, 5.41) is 48.2. The van der Waals surface area contributed by atoms with Crippen LogP contribution in [0.3, 0.4) is 0 Å². The lowest BCUT2D eigenvalue weighted by Crippen LogP contribution is -1.97. The second kappa shape index (κ2) is 23.8. The first-order valence-electron chi connectivity index (χ1n) is 6.83. The minimum atomic E-state index is -0.870. The Morgan fingerprint density at radius 2 is 0.810 bits per heavy atom. The molecule has 0 amide bonds. The highest BCUT2D eigenvalue weighted by atomic mass is 16.4. The Kier molecular flexibility index (Phi) is 28.1. The van der Waals surface area contributed by atoms with Crippen molar-refractivity contribution in [2.24, 2.45) is 0 Å². The Balaban J connectivity index is -0.000000252. The van der Waals surface area contributed by atoms with Crippen LogP contribution in [-0.2, 0) is 9.59 Å². The van der Waals surface area contributed by atoms with E-state index < -0.39 is 11.9 Å². The van der Waals surface area contributed by atoms with Crippen molar-refractivity contribution >= 4 is 11.9 Å². The Morgan fingerprint density at radius 1 is 0.524 bits per heavy atom. The van der Waals surface area contributed by atoms with Crippen LogP contribution in [0.1, 0.15) is 44.9 Å². The van der Waals surface area contributed by atoms with Gasteiger partial charge in [-0.2, -0.15) is 0 Å². The van der Waals surface area contributed by atoms with Crippen LogP contribution in [0.4, 0.5) is 0 Å². The molecule has 0 aromatic heterocycles. The van der Waals surface area contributed by atoms with E-state index in [4.69, 9.17) is 30.6 Å². The standard InChI is InChI=1S/C6H10O4.C4H10O2.C3H8O2/c7-5(8)3-1-2-4-6(9)10;5-3-1-2-4-6;4-2-1-3-5/h1-4H2,(H,7,8)(H,9,10);5-6H,1-4H2;4-5H,1-3H2. The van der Waals surface area contributed by atoms with Crippen LogP contribution in [0.2, 0.25) is 0 Å². The summed E-state index contributed by atoms with van der Waals surface area (Å²) in [6, 6.07) is 0. The highest BCUT2D eigenvalue weighted by molar-refractivity contribution is 5.67. The average Bonchev–Trinajstić information content (AvgIpc) is 2.43. The minimum Gasteiger partial charge on any atom is -0.481 e. The van der Waals surface area contributed by atoms with Gasteiger partial charge in [0.2, 0.25) is 0 Å². The Morgan fingerprint density at radius 3 is 0.952 bits per heavy atom. The number of aliphatic carboxylic acids is 2. The summed E-state index contributed by atoms with van der Waals surface area (Å²) in [5.41, 5.74) is 0. The van der Waals surface area contributed by atoms with Crippen LogP contribution < -0.4 is 0 Å². The quantitative estimate of drug-likeness (QED) is 0.304. The molecule has 0 heterocycles. The van der Waals surface area contributed by atoms with E-state index in [1.54, 1.807) is 0 Å². The van der Waals surface area contributed by atoms with Crippen molar-refractivity contribution in [2.45, 2.75) is 44.9 Å². The molecule has 0 unspecified atom stereocenters. The van der Waals surface area contributed by atoms with E-state index in [1.807, 2.05) is 0 Å². The maximum Gasteiger partial charge on any atom is 0.303 e. The molecule has 0 aliphatic carbocycles. The lowest BCUT2D eigenvalue weighted by molar-refractivity contribution is -0.139. The van der Waals surface area contributed by atoms with Gasteiger partial charge >= 0.3 is 11.9 Å². The van der Waals surface area contributed by atoms with Gasteiger partial charge in [-0.05, 0) is 32.1 Å². The van der Waals surface area contributed by atoms with E-state index >= 15 is 0 Å². The fourth-order valence-electron chi connectivity index (χ4n) is 0.847. The number of aliphatic hydroxyl groups excluding tert-OH is 4.